The second-order valence-corrected chi connectivity index (χ2v) is 8.27. The molecule has 0 atom stereocenters. The molecule has 0 spiro atoms. The maximum absolute atomic E-state index is 12.9. The lowest BCUT2D eigenvalue weighted by molar-refractivity contribution is -0.125. The van der Waals surface area contributed by atoms with Crippen LogP contribution in [-0.2, 0) is 9.53 Å². The van der Waals surface area contributed by atoms with Crippen LogP contribution in [0.5, 0.6) is 0 Å². The number of aromatic nitrogens is 1. The Labute approximate surface area is 182 Å². The third-order valence-corrected chi connectivity index (χ3v) is 5.84. The van der Waals surface area contributed by atoms with Crippen LogP contribution in [-0.4, -0.2) is 29.5 Å². The lowest BCUT2D eigenvalue weighted by atomic mass is 10.0. The first-order valence-electron chi connectivity index (χ1n) is 11.0. The van der Waals surface area contributed by atoms with Gasteiger partial charge in [-0.25, -0.2) is 9.78 Å². The molecular formula is C26H28N2O3. The van der Waals surface area contributed by atoms with Crippen molar-refractivity contribution in [1.82, 2.24) is 10.3 Å². The van der Waals surface area contributed by atoms with Gasteiger partial charge in [0.1, 0.15) is 0 Å². The number of rotatable bonds is 5. The molecule has 1 aliphatic carbocycles. The molecule has 1 fully saturated rings. The largest absolute Gasteiger partial charge is 0.452 e. The molecule has 160 valence electrons. The van der Waals surface area contributed by atoms with E-state index in [1.807, 2.05) is 55.5 Å². The molecule has 1 heterocycles. The monoisotopic (exact) mass is 416 g/mol. The number of hydrogen-bond acceptors (Lipinski definition) is 4. The summed E-state index contributed by atoms with van der Waals surface area (Å²) in [5.74, 6) is -0.750. The summed E-state index contributed by atoms with van der Waals surface area (Å²) in [5, 5.41) is 3.73. The number of esters is 1. The Bertz CT molecular complexity index is 1070. The molecule has 0 bridgehead atoms. The van der Waals surface area contributed by atoms with Crippen molar-refractivity contribution in [2.75, 3.05) is 6.61 Å². The summed E-state index contributed by atoms with van der Waals surface area (Å²) < 4.78 is 5.40. The number of benzene rings is 2. The van der Waals surface area contributed by atoms with E-state index in [1.165, 1.54) is 12.8 Å². The lowest BCUT2D eigenvalue weighted by Crippen LogP contribution is -2.37. The first kappa shape index (κ1) is 21.0. The minimum Gasteiger partial charge on any atom is -0.452 e. The van der Waals surface area contributed by atoms with E-state index in [0.717, 1.165) is 42.3 Å². The quantitative estimate of drug-likeness (QED) is 0.458. The summed E-state index contributed by atoms with van der Waals surface area (Å²) >= 11 is 0. The predicted octanol–water partition coefficient (Wildman–Crippen LogP) is 5.21. The molecule has 5 nitrogen and oxygen atoms in total. The molecule has 1 saturated carbocycles. The Morgan fingerprint density at radius 1 is 1.00 bits per heavy atom. The van der Waals surface area contributed by atoms with Crippen molar-refractivity contribution in [2.45, 2.75) is 51.5 Å². The van der Waals surface area contributed by atoms with Crippen molar-refractivity contribution in [1.29, 1.82) is 0 Å². The zero-order valence-corrected chi connectivity index (χ0v) is 17.9. The van der Waals surface area contributed by atoms with E-state index in [-0.39, 0.29) is 18.6 Å². The number of carbonyl (C=O) groups is 2. The third-order valence-electron chi connectivity index (χ3n) is 5.84. The Balaban J connectivity index is 1.51. The second-order valence-electron chi connectivity index (χ2n) is 8.27. The molecule has 2 aromatic carbocycles. The number of hydrogen-bond donors (Lipinski definition) is 1. The molecule has 1 N–H and O–H groups in total. The van der Waals surface area contributed by atoms with Crippen LogP contribution >= 0.6 is 0 Å². The van der Waals surface area contributed by atoms with Gasteiger partial charge in [-0.1, -0.05) is 73.7 Å². The molecule has 1 aromatic heterocycles. The standard InChI is InChI=1S/C26H28N2O3/c1-18-12-14-19(15-13-18)24-16-22(21-10-6-7-11-23(21)28-24)26(30)31-17-25(29)27-20-8-4-2-3-5-9-20/h6-7,10-16,20H,2-5,8-9,17H2,1H3,(H,27,29). The Kier molecular flexibility index (Phi) is 6.60. The number of fused-ring (bicyclic) bond motifs is 1. The van der Waals surface area contributed by atoms with Crippen LogP contribution in [0.15, 0.2) is 54.6 Å². The zero-order chi connectivity index (χ0) is 21.6. The van der Waals surface area contributed by atoms with E-state index in [1.54, 1.807) is 6.07 Å². The molecule has 0 unspecified atom stereocenters. The van der Waals surface area contributed by atoms with Gasteiger partial charge < -0.3 is 10.1 Å². The van der Waals surface area contributed by atoms with Gasteiger partial charge in [-0.15, -0.1) is 0 Å². The van der Waals surface area contributed by atoms with E-state index < -0.39 is 5.97 Å². The van der Waals surface area contributed by atoms with Crippen LogP contribution in [0, 0.1) is 6.92 Å². The summed E-state index contributed by atoms with van der Waals surface area (Å²) in [6.45, 7) is 1.76. The van der Waals surface area contributed by atoms with Gasteiger partial charge in [0.15, 0.2) is 6.61 Å². The Morgan fingerprint density at radius 2 is 1.71 bits per heavy atom. The second kappa shape index (κ2) is 9.73. The zero-order valence-electron chi connectivity index (χ0n) is 17.9. The van der Waals surface area contributed by atoms with Gasteiger partial charge in [-0.2, -0.15) is 0 Å². The van der Waals surface area contributed by atoms with Crippen LogP contribution in [0.25, 0.3) is 22.2 Å². The highest BCUT2D eigenvalue weighted by Crippen LogP contribution is 2.26. The number of carbonyl (C=O) groups excluding carboxylic acids is 2. The Hall–Kier alpha value is -3.21. The van der Waals surface area contributed by atoms with E-state index in [9.17, 15) is 9.59 Å². The summed E-state index contributed by atoms with van der Waals surface area (Å²) in [7, 11) is 0. The number of aryl methyl sites for hydroxylation is 1. The van der Waals surface area contributed by atoms with Gasteiger partial charge in [-0.05, 0) is 31.9 Å². The van der Waals surface area contributed by atoms with Crippen LogP contribution in [0.1, 0.15) is 54.4 Å². The minimum absolute atomic E-state index is 0.184. The van der Waals surface area contributed by atoms with E-state index >= 15 is 0 Å². The highest BCUT2D eigenvalue weighted by molar-refractivity contribution is 6.05. The highest BCUT2D eigenvalue weighted by atomic mass is 16.5. The number of para-hydroxylation sites is 1. The predicted molar refractivity (Wildman–Crippen MR) is 122 cm³/mol. The number of nitrogens with zero attached hydrogens (tertiary/aromatic N) is 1. The molecule has 1 amide bonds. The van der Waals surface area contributed by atoms with Gasteiger partial charge >= 0.3 is 5.97 Å². The molecule has 0 radical (unpaired) electrons. The molecule has 4 rings (SSSR count). The fraction of sp³-hybridized carbons (Fsp3) is 0.346. The maximum Gasteiger partial charge on any atom is 0.339 e. The lowest BCUT2D eigenvalue weighted by Gasteiger charge is -2.16. The minimum atomic E-state index is -0.511. The number of ether oxygens (including phenoxy) is 1. The van der Waals surface area contributed by atoms with E-state index in [2.05, 4.69) is 5.32 Å². The maximum atomic E-state index is 12.9. The average molecular weight is 417 g/mol. The smallest absolute Gasteiger partial charge is 0.339 e. The molecule has 0 saturated heterocycles. The SMILES string of the molecule is Cc1ccc(-c2cc(C(=O)OCC(=O)NC3CCCCCC3)c3ccccc3n2)cc1. The first-order chi connectivity index (χ1) is 15.1. The highest BCUT2D eigenvalue weighted by Gasteiger charge is 2.19. The fourth-order valence-electron chi connectivity index (χ4n) is 4.12. The van der Waals surface area contributed by atoms with E-state index in [4.69, 9.17) is 9.72 Å². The Morgan fingerprint density at radius 3 is 2.45 bits per heavy atom. The summed E-state index contributed by atoms with van der Waals surface area (Å²) in [5.41, 5.74) is 3.92. The van der Waals surface area contributed by atoms with Crippen molar-refractivity contribution in [3.63, 3.8) is 0 Å². The first-order valence-corrected chi connectivity index (χ1v) is 11.0. The van der Waals surface area contributed by atoms with Crippen molar-refractivity contribution >= 4 is 22.8 Å². The number of pyridine rings is 1. The molecular weight excluding hydrogens is 388 g/mol. The van der Waals surface area contributed by atoms with Gasteiger partial charge in [-0.3, -0.25) is 4.79 Å². The van der Waals surface area contributed by atoms with Crippen LogP contribution in [0.2, 0.25) is 0 Å². The normalized spacial score (nSPS) is 14.7. The van der Waals surface area contributed by atoms with Crippen LogP contribution < -0.4 is 5.32 Å². The molecule has 5 heteroatoms. The van der Waals surface area contributed by atoms with Crippen LogP contribution in [0.4, 0.5) is 0 Å². The van der Waals surface area contributed by atoms with Gasteiger partial charge in [0.25, 0.3) is 5.91 Å². The fourth-order valence-corrected chi connectivity index (χ4v) is 4.12. The van der Waals surface area contributed by atoms with Gasteiger partial charge in [0.05, 0.1) is 16.8 Å². The summed E-state index contributed by atoms with van der Waals surface area (Å²) in [6.07, 6.45) is 6.70. The van der Waals surface area contributed by atoms with Crippen molar-refractivity contribution in [2.24, 2.45) is 0 Å². The summed E-state index contributed by atoms with van der Waals surface area (Å²) in [6, 6.07) is 17.4. The number of nitrogens with one attached hydrogen (secondary N) is 1. The summed E-state index contributed by atoms with van der Waals surface area (Å²) in [4.78, 5) is 30.0. The number of amides is 1. The third kappa shape index (κ3) is 5.29. The van der Waals surface area contributed by atoms with Gasteiger partial charge in [0, 0.05) is 17.0 Å². The molecule has 31 heavy (non-hydrogen) atoms. The van der Waals surface area contributed by atoms with Gasteiger partial charge in [0.2, 0.25) is 0 Å². The average Bonchev–Trinajstić information content (AvgIpc) is 3.06. The molecule has 3 aromatic rings. The van der Waals surface area contributed by atoms with Crippen LogP contribution in [0.3, 0.4) is 0 Å². The van der Waals surface area contributed by atoms with Crippen molar-refractivity contribution < 1.29 is 14.3 Å². The molecule has 0 aliphatic heterocycles. The molecule has 1 aliphatic rings. The topological polar surface area (TPSA) is 68.3 Å². The van der Waals surface area contributed by atoms with Crippen molar-refractivity contribution in [3.05, 3.63) is 65.7 Å². The van der Waals surface area contributed by atoms with Crippen molar-refractivity contribution in [3.8, 4) is 11.3 Å². The van der Waals surface area contributed by atoms with E-state index in [0.29, 0.717) is 16.6 Å².